The zero-order valence-corrected chi connectivity index (χ0v) is 9.16. The molecule has 3 nitrogen and oxygen atoms in total. The van der Waals surface area contributed by atoms with Crippen molar-refractivity contribution in [3.8, 4) is 0 Å². The molecule has 1 atom stereocenters. The van der Waals surface area contributed by atoms with Gasteiger partial charge >= 0.3 is 0 Å². The Hall–Kier alpha value is -1.35. The first-order valence-corrected chi connectivity index (χ1v) is 5.07. The molecule has 80 valence electrons. The lowest BCUT2D eigenvalue weighted by Crippen LogP contribution is -2.15. The van der Waals surface area contributed by atoms with Crippen LogP contribution >= 0.6 is 0 Å². The molecular formula is C12H15NO2. The molecular weight excluding hydrogens is 190 g/mol. The summed E-state index contributed by atoms with van der Waals surface area (Å²) >= 11 is 0. The summed E-state index contributed by atoms with van der Waals surface area (Å²) in [5.74, 6) is -0.0970. The Balaban J connectivity index is 2.49. The number of rotatable bonds is 1. The maximum absolute atomic E-state index is 11.4. The van der Waals surface area contributed by atoms with Gasteiger partial charge in [-0.3, -0.25) is 4.79 Å². The quantitative estimate of drug-likeness (QED) is 0.736. The van der Waals surface area contributed by atoms with E-state index in [1.807, 2.05) is 25.1 Å². The minimum atomic E-state index is -0.861. The Morgan fingerprint density at radius 2 is 2.07 bits per heavy atom. The van der Waals surface area contributed by atoms with E-state index in [1.54, 1.807) is 13.8 Å². The average Bonchev–Trinajstić information content (AvgIpc) is 2.41. The third kappa shape index (κ3) is 1.63. The largest absolute Gasteiger partial charge is 0.386 e. The highest BCUT2D eigenvalue weighted by Crippen LogP contribution is 2.34. The summed E-state index contributed by atoms with van der Waals surface area (Å²) < 4.78 is 0. The van der Waals surface area contributed by atoms with Crippen LogP contribution in [-0.2, 0) is 10.4 Å². The zero-order valence-electron chi connectivity index (χ0n) is 9.16. The van der Waals surface area contributed by atoms with Crippen LogP contribution in [0.5, 0.6) is 0 Å². The van der Waals surface area contributed by atoms with Crippen LogP contribution in [-0.4, -0.2) is 11.0 Å². The molecule has 2 N–H and O–H groups in total. The van der Waals surface area contributed by atoms with E-state index in [2.05, 4.69) is 5.32 Å². The normalized spacial score (nSPS) is 20.0. The van der Waals surface area contributed by atoms with E-state index in [0.717, 1.165) is 16.8 Å². The Morgan fingerprint density at radius 1 is 1.40 bits per heavy atom. The first-order chi connectivity index (χ1) is 6.89. The van der Waals surface area contributed by atoms with Crippen molar-refractivity contribution < 1.29 is 9.90 Å². The SMILES string of the molecule is CC1C(=O)Nc2ccc(C(C)(C)O)cc21. The van der Waals surface area contributed by atoms with Crippen LogP contribution in [0.1, 0.15) is 37.8 Å². The fourth-order valence-corrected chi connectivity index (χ4v) is 1.80. The van der Waals surface area contributed by atoms with Gasteiger partial charge in [0.15, 0.2) is 0 Å². The molecule has 0 fully saturated rings. The molecule has 1 unspecified atom stereocenters. The predicted octanol–water partition coefficient (Wildman–Crippen LogP) is 1.97. The van der Waals surface area contributed by atoms with Crippen LogP contribution in [0.25, 0.3) is 0 Å². The Kier molecular flexibility index (Phi) is 2.08. The van der Waals surface area contributed by atoms with Crippen LogP contribution in [0.2, 0.25) is 0 Å². The summed E-state index contributed by atoms with van der Waals surface area (Å²) in [6.07, 6.45) is 0. The fraction of sp³-hybridized carbons (Fsp3) is 0.417. The van der Waals surface area contributed by atoms with Crippen molar-refractivity contribution in [2.75, 3.05) is 5.32 Å². The molecule has 1 heterocycles. The molecule has 0 saturated heterocycles. The van der Waals surface area contributed by atoms with Crippen LogP contribution in [0.3, 0.4) is 0 Å². The summed E-state index contributed by atoms with van der Waals surface area (Å²) in [5.41, 5.74) is 1.81. The van der Waals surface area contributed by atoms with Gasteiger partial charge in [-0.25, -0.2) is 0 Å². The smallest absolute Gasteiger partial charge is 0.231 e. The standard InChI is InChI=1S/C12H15NO2/c1-7-9-6-8(12(2,3)15)4-5-10(9)13-11(7)14/h4-7,15H,1-3H3,(H,13,14). The number of nitrogens with one attached hydrogen (secondary N) is 1. The number of carbonyl (C=O) groups excluding carboxylic acids is 1. The van der Waals surface area contributed by atoms with Crippen molar-refractivity contribution in [1.29, 1.82) is 0 Å². The maximum atomic E-state index is 11.4. The van der Waals surface area contributed by atoms with E-state index in [-0.39, 0.29) is 11.8 Å². The first-order valence-electron chi connectivity index (χ1n) is 5.07. The molecule has 0 aliphatic carbocycles. The molecule has 1 aromatic carbocycles. The van der Waals surface area contributed by atoms with Gasteiger partial charge in [-0.1, -0.05) is 12.1 Å². The monoisotopic (exact) mass is 205 g/mol. The molecule has 0 bridgehead atoms. The molecule has 1 amide bonds. The third-order valence-corrected chi connectivity index (χ3v) is 2.88. The Bertz CT molecular complexity index is 418. The second-order valence-electron chi connectivity index (χ2n) is 4.57. The van der Waals surface area contributed by atoms with Gasteiger partial charge in [-0.15, -0.1) is 0 Å². The molecule has 1 aromatic rings. The maximum Gasteiger partial charge on any atom is 0.231 e. The second kappa shape index (κ2) is 3.07. The fourth-order valence-electron chi connectivity index (χ4n) is 1.80. The van der Waals surface area contributed by atoms with Crippen LogP contribution < -0.4 is 5.32 Å². The van der Waals surface area contributed by atoms with Crippen molar-refractivity contribution in [2.24, 2.45) is 0 Å². The van der Waals surface area contributed by atoms with Crippen molar-refractivity contribution in [2.45, 2.75) is 32.3 Å². The molecule has 2 rings (SSSR count). The number of amides is 1. The van der Waals surface area contributed by atoms with E-state index in [9.17, 15) is 9.90 Å². The topological polar surface area (TPSA) is 49.3 Å². The molecule has 0 spiro atoms. The van der Waals surface area contributed by atoms with E-state index in [0.29, 0.717) is 0 Å². The van der Waals surface area contributed by atoms with Crippen LogP contribution in [0.4, 0.5) is 5.69 Å². The van der Waals surface area contributed by atoms with Crippen LogP contribution in [0.15, 0.2) is 18.2 Å². The summed E-state index contributed by atoms with van der Waals surface area (Å²) in [4.78, 5) is 11.4. The summed E-state index contributed by atoms with van der Waals surface area (Å²) in [7, 11) is 0. The number of benzene rings is 1. The average molecular weight is 205 g/mol. The number of hydrogen-bond acceptors (Lipinski definition) is 2. The lowest BCUT2D eigenvalue weighted by Gasteiger charge is -2.18. The van der Waals surface area contributed by atoms with Gasteiger partial charge < -0.3 is 10.4 Å². The van der Waals surface area contributed by atoms with Gasteiger partial charge in [0.05, 0.1) is 11.5 Å². The summed E-state index contributed by atoms with van der Waals surface area (Å²) in [5, 5.41) is 12.7. The van der Waals surface area contributed by atoms with Gasteiger partial charge in [0.2, 0.25) is 5.91 Å². The van der Waals surface area contributed by atoms with Crippen molar-refractivity contribution >= 4 is 11.6 Å². The Morgan fingerprint density at radius 3 is 2.67 bits per heavy atom. The lowest BCUT2D eigenvalue weighted by atomic mass is 9.93. The van der Waals surface area contributed by atoms with Gasteiger partial charge in [0, 0.05) is 5.69 Å². The molecule has 0 aromatic heterocycles. The van der Waals surface area contributed by atoms with E-state index < -0.39 is 5.60 Å². The Labute approximate surface area is 89.1 Å². The summed E-state index contributed by atoms with van der Waals surface area (Å²) in [6.45, 7) is 5.35. The predicted molar refractivity (Wildman–Crippen MR) is 58.7 cm³/mol. The van der Waals surface area contributed by atoms with E-state index >= 15 is 0 Å². The van der Waals surface area contributed by atoms with E-state index in [1.165, 1.54) is 0 Å². The van der Waals surface area contributed by atoms with E-state index in [4.69, 9.17) is 0 Å². The molecule has 3 heteroatoms. The number of fused-ring (bicyclic) bond motifs is 1. The van der Waals surface area contributed by atoms with Crippen molar-refractivity contribution in [1.82, 2.24) is 0 Å². The molecule has 0 radical (unpaired) electrons. The lowest BCUT2D eigenvalue weighted by molar-refractivity contribution is -0.116. The van der Waals surface area contributed by atoms with Crippen LogP contribution in [0, 0.1) is 0 Å². The molecule has 15 heavy (non-hydrogen) atoms. The third-order valence-electron chi connectivity index (χ3n) is 2.88. The first kappa shape index (κ1) is 10.2. The highest BCUT2D eigenvalue weighted by atomic mass is 16.3. The van der Waals surface area contributed by atoms with Gasteiger partial charge in [0.25, 0.3) is 0 Å². The highest BCUT2D eigenvalue weighted by molar-refractivity contribution is 6.02. The summed E-state index contributed by atoms with van der Waals surface area (Å²) in [6, 6.07) is 5.60. The number of hydrogen-bond donors (Lipinski definition) is 2. The minimum Gasteiger partial charge on any atom is -0.386 e. The van der Waals surface area contributed by atoms with Gasteiger partial charge in [0.1, 0.15) is 0 Å². The molecule has 1 aliphatic heterocycles. The van der Waals surface area contributed by atoms with Gasteiger partial charge in [-0.2, -0.15) is 0 Å². The molecule has 1 aliphatic rings. The molecule has 0 saturated carbocycles. The minimum absolute atomic E-state index is 0.0258. The highest BCUT2D eigenvalue weighted by Gasteiger charge is 2.28. The van der Waals surface area contributed by atoms with Gasteiger partial charge in [-0.05, 0) is 38.0 Å². The number of carbonyl (C=O) groups is 1. The van der Waals surface area contributed by atoms with Crippen molar-refractivity contribution in [3.63, 3.8) is 0 Å². The number of anilines is 1. The second-order valence-corrected chi connectivity index (χ2v) is 4.57. The zero-order chi connectivity index (χ0) is 11.2. The number of aliphatic hydroxyl groups is 1. The van der Waals surface area contributed by atoms with Crippen molar-refractivity contribution in [3.05, 3.63) is 29.3 Å².